The molecule has 170 valence electrons. The highest BCUT2D eigenvalue weighted by molar-refractivity contribution is 7.21. The summed E-state index contributed by atoms with van der Waals surface area (Å²) in [5, 5.41) is 21.2. The number of ether oxygens (including phenoxy) is 1. The maximum absolute atomic E-state index is 9.82. The van der Waals surface area contributed by atoms with E-state index < -0.39 is 0 Å². The molecule has 5 rings (SSSR count). The third kappa shape index (κ3) is 5.53. The Bertz CT molecular complexity index is 997. The van der Waals surface area contributed by atoms with Gasteiger partial charge in [0.05, 0.1) is 6.10 Å². The number of aromatic nitrogens is 3. The van der Waals surface area contributed by atoms with Gasteiger partial charge in [-0.05, 0) is 68.4 Å². The van der Waals surface area contributed by atoms with Gasteiger partial charge in [-0.25, -0.2) is 15.0 Å². The fourth-order valence-electron chi connectivity index (χ4n) is 4.35. The fourth-order valence-corrected chi connectivity index (χ4v) is 5.17. The lowest BCUT2D eigenvalue weighted by atomic mass is 9.93. The average Bonchev–Trinajstić information content (AvgIpc) is 3.22. The molecule has 9 heteroatoms. The number of anilines is 3. The van der Waals surface area contributed by atoms with Crippen LogP contribution in [0.15, 0.2) is 30.5 Å². The number of nitrogens with one attached hydrogen (secondary N) is 3. The number of thiazole rings is 1. The van der Waals surface area contributed by atoms with E-state index in [1.807, 2.05) is 12.1 Å². The van der Waals surface area contributed by atoms with Gasteiger partial charge in [0.15, 0.2) is 5.13 Å². The second kappa shape index (κ2) is 10.1. The largest absolute Gasteiger partial charge is 0.393 e. The van der Waals surface area contributed by atoms with E-state index in [1.165, 1.54) is 16.9 Å². The van der Waals surface area contributed by atoms with Crippen LogP contribution in [0.3, 0.4) is 0 Å². The lowest BCUT2D eigenvalue weighted by Crippen LogP contribution is -2.34. The Kier molecular flexibility index (Phi) is 6.77. The number of aliphatic hydroxyl groups excluding tert-OH is 1. The molecule has 0 spiro atoms. The van der Waals surface area contributed by atoms with E-state index >= 15 is 0 Å². The minimum atomic E-state index is -0.166. The Morgan fingerprint density at radius 1 is 1.00 bits per heavy atom. The fraction of sp³-hybridized carbons (Fsp3) is 0.522. The molecule has 0 atom stereocenters. The van der Waals surface area contributed by atoms with Crippen molar-refractivity contribution >= 4 is 38.5 Å². The highest BCUT2D eigenvalue weighted by Crippen LogP contribution is 2.28. The molecule has 1 saturated carbocycles. The molecule has 4 heterocycles. The van der Waals surface area contributed by atoms with E-state index in [1.54, 1.807) is 6.20 Å². The van der Waals surface area contributed by atoms with Gasteiger partial charge >= 0.3 is 0 Å². The molecule has 0 aromatic carbocycles. The number of nitrogens with zero attached hydrogens (tertiary/aromatic N) is 3. The predicted molar refractivity (Wildman–Crippen MR) is 128 cm³/mol. The van der Waals surface area contributed by atoms with E-state index in [2.05, 4.69) is 38.1 Å². The van der Waals surface area contributed by atoms with Crippen molar-refractivity contribution in [2.45, 2.75) is 63.3 Å². The van der Waals surface area contributed by atoms with Crippen molar-refractivity contribution in [2.75, 3.05) is 23.8 Å². The molecule has 0 radical (unpaired) electrons. The number of hydrogen-bond acceptors (Lipinski definition) is 9. The van der Waals surface area contributed by atoms with Gasteiger partial charge in [-0.3, -0.25) is 0 Å². The van der Waals surface area contributed by atoms with Gasteiger partial charge in [-0.2, -0.15) is 0 Å². The molecule has 8 nitrogen and oxygen atoms in total. The van der Waals surface area contributed by atoms with Crippen molar-refractivity contribution in [3.8, 4) is 0 Å². The minimum Gasteiger partial charge on any atom is -0.393 e. The highest BCUT2D eigenvalue weighted by Gasteiger charge is 2.20. The van der Waals surface area contributed by atoms with Crippen LogP contribution >= 0.6 is 11.3 Å². The van der Waals surface area contributed by atoms with Crippen molar-refractivity contribution in [1.29, 1.82) is 0 Å². The molecule has 0 amide bonds. The smallest absolute Gasteiger partial charge is 0.190 e. The second-order valence-electron chi connectivity index (χ2n) is 8.63. The number of aliphatic hydroxyl groups is 1. The predicted octanol–water partition coefficient (Wildman–Crippen LogP) is 3.81. The van der Waals surface area contributed by atoms with Crippen LogP contribution in [-0.2, 0) is 11.3 Å². The standard InChI is InChI=1S/C23H30N6O2S/c30-18-5-3-17(4-6-18)26-20-12-15(14-25-16-7-10-31-11-8-16)13-21(28-20)29-23-27-19-2-1-9-24-22(19)32-23/h1-2,9,12-13,16-18,25,30H,3-8,10-11,14H2,(H2,26,27,28,29)/t17-,18-. The van der Waals surface area contributed by atoms with Crippen molar-refractivity contribution in [3.63, 3.8) is 0 Å². The number of fused-ring (bicyclic) bond motifs is 1. The van der Waals surface area contributed by atoms with E-state index in [9.17, 15) is 5.11 Å². The molecule has 1 aliphatic carbocycles. The van der Waals surface area contributed by atoms with Gasteiger partial charge in [-0.15, -0.1) is 0 Å². The zero-order valence-electron chi connectivity index (χ0n) is 18.1. The third-order valence-electron chi connectivity index (χ3n) is 6.15. The van der Waals surface area contributed by atoms with Crippen molar-refractivity contribution in [3.05, 3.63) is 36.0 Å². The van der Waals surface area contributed by atoms with Crippen LogP contribution in [0, 0.1) is 0 Å². The molecule has 2 fully saturated rings. The van der Waals surface area contributed by atoms with E-state index in [0.29, 0.717) is 12.1 Å². The van der Waals surface area contributed by atoms with Crippen molar-refractivity contribution in [1.82, 2.24) is 20.3 Å². The number of hydrogen-bond donors (Lipinski definition) is 4. The molecule has 32 heavy (non-hydrogen) atoms. The summed E-state index contributed by atoms with van der Waals surface area (Å²) in [5.74, 6) is 1.63. The first-order chi connectivity index (χ1) is 15.7. The van der Waals surface area contributed by atoms with Crippen LogP contribution in [0.5, 0.6) is 0 Å². The summed E-state index contributed by atoms with van der Waals surface area (Å²) in [6.07, 6.45) is 7.31. The van der Waals surface area contributed by atoms with Gasteiger partial charge in [0.2, 0.25) is 0 Å². The van der Waals surface area contributed by atoms with E-state index in [0.717, 1.165) is 85.4 Å². The Morgan fingerprint density at radius 3 is 2.62 bits per heavy atom. The third-order valence-corrected chi connectivity index (χ3v) is 7.05. The van der Waals surface area contributed by atoms with Crippen molar-refractivity contribution < 1.29 is 9.84 Å². The Morgan fingerprint density at radius 2 is 1.81 bits per heavy atom. The number of pyridine rings is 2. The van der Waals surface area contributed by atoms with Gasteiger partial charge < -0.3 is 25.8 Å². The Hall–Kier alpha value is -2.33. The van der Waals surface area contributed by atoms with Crippen LogP contribution < -0.4 is 16.0 Å². The summed E-state index contributed by atoms with van der Waals surface area (Å²) in [6, 6.07) is 8.90. The first kappa shape index (κ1) is 21.5. The first-order valence-electron chi connectivity index (χ1n) is 11.5. The Labute approximate surface area is 191 Å². The van der Waals surface area contributed by atoms with Gasteiger partial charge in [0.25, 0.3) is 0 Å². The molecule has 3 aromatic heterocycles. The topological polar surface area (TPSA) is 104 Å². The molecule has 0 unspecified atom stereocenters. The van der Waals surface area contributed by atoms with Crippen LogP contribution in [0.1, 0.15) is 44.1 Å². The van der Waals surface area contributed by atoms with E-state index in [4.69, 9.17) is 9.72 Å². The normalized spacial score (nSPS) is 22.2. The van der Waals surface area contributed by atoms with Crippen LogP contribution in [-0.4, -0.2) is 51.5 Å². The number of rotatable bonds is 7. The molecule has 3 aromatic rings. The monoisotopic (exact) mass is 454 g/mol. The lowest BCUT2D eigenvalue weighted by molar-refractivity contribution is 0.0776. The summed E-state index contributed by atoms with van der Waals surface area (Å²) >= 11 is 1.52. The van der Waals surface area contributed by atoms with Crippen LogP contribution in [0.4, 0.5) is 16.8 Å². The summed E-state index contributed by atoms with van der Waals surface area (Å²) < 4.78 is 5.47. The van der Waals surface area contributed by atoms with E-state index in [-0.39, 0.29) is 6.10 Å². The van der Waals surface area contributed by atoms with Crippen LogP contribution in [0.2, 0.25) is 0 Å². The summed E-state index contributed by atoms with van der Waals surface area (Å²) in [4.78, 5) is 14.8. The summed E-state index contributed by atoms with van der Waals surface area (Å²) in [7, 11) is 0. The summed E-state index contributed by atoms with van der Waals surface area (Å²) in [6.45, 7) is 2.43. The van der Waals surface area contributed by atoms with Gasteiger partial charge in [0.1, 0.15) is 22.0 Å². The SMILES string of the molecule is O[C@H]1CC[C@H](Nc2cc(CNC3CCOCC3)cc(Nc3nc4cccnc4s3)n2)CC1. The Balaban J connectivity index is 1.33. The van der Waals surface area contributed by atoms with Gasteiger partial charge in [-0.1, -0.05) is 11.3 Å². The second-order valence-corrected chi connectivity index (χ2v) is 9.61. The zero-order valence-corrected chi connectivity index (χ0v) is 18.9. The first-order valence-corrected chi connectivity index (χ1v) is 12.3. The quantitative estimate of drug-likeness (QED) is 0.427. The van der Waals surface area contributed by atoms with Crippen LogP contribution in [0.25, 0.3) is 10.3 Å². The minimum absolute atomic E-state index is 0.166. The highest BCUT2D eigenvalue weighted by atomic mass is 32.1. The molecule has 4 N–H and O–H groups in total. The van der Waals surface area contributed by atoms with Crippen molar-refractivity contribution in [2.24, 2.45) is 0 Å². The molecule has 1 saturated heterocycles. The molecule has 0 bridgehead atoms. The molecule has 1 aliphatic heterocycles. The van der Waals surface area contributed by atoms with Gasteiger partial charge in [0, 0.05) is 38.0 Å². The maximum Gasteiger partial charge on any atom is 0.190 e. The molecular weight excluding hydrogens is 424 g/mol. The molecular formula is C23H30N6O2S. The molecule has 2 aliphatic rings. The maximum atomic E-state index is 9.82. The average molecular weight is 455 g/mol. The zero-order chi connectivity index (χ0) is 21.8. The lowest BCUT2D eigenvalue weighted by Gasteiger charge is -2.27. The summed E-state index contributed by atoms with van der Waals surface area (Å²) in [5.41, 5.74) is 2.06.